The number of nitrogens with one attached hydrogen (secondary N) is 2. The van der Waals surface area contributed by atoms with Gasteiger partial charge in [-0.1, -0.05) is 24.3 Å². The third-order valence-corrected chi connectivity index (χ3v) is 4.15. The van der Waals surface area contributed by atoms with Crippen LogP contribution in [0, 0.1) is 0 Å². The van der Waals surface area contributed by atoms with Gasteiger partial charge in [-0.05, 0) is 41.5 Å². The number of guanidine groups is 1. The SMILES string of the molecule is CN=C(NCc1ccc(OCC(F)(F)F)cc1)NCc1cccc(-n2cccn2)c1. The van der Waals surface area contributed by atoms with Crippen molar-refractivity contribution in [3.05, 3.63) is 78.1 Å². The topological polar surface area (TPSA) is 63.5 Å². The zero-order valence-electron chi connectivity index (χ0n) is 16.4. The number of alkyl halides is 3. The monoisotopic (exact) mass is 417 g/mol. The van der Waals surface area contributed by atoms with Gasteiger partial charge in [0, 0.05) is 32.5 Å². The first-order chi connectivity index (χ1) is 14.4. The maximum Gasteiger partial charge on any atom is 0.422 e. The van der Waals surface area contributed by atoms with E-state index in [1.54, 1.807) is 30.1 Å². The molecule has 0 aliphatic carbocycles. The van der Waals surface area contributed by atoms with E-state index in [4.69, 9.17) is 4.74 Å². The molecule has 0 saturated carbocycles. The predicted molar refractivity (Wildman–Crippen MR) is 109 cm³/mol. The molecule has 0 bridgehead atoms. The summed E-state index contributed by atoms with van der Waals surface area (Å²) in [5.41, 5.74) is 2.92. The fourth-order valence-corrected chi connectivity index (χ4v) is 2.69. The second-order valence-electron chi connectivity index (χ2n) is 6.45. The second-order valence-corrected chi connectivity index (χ2v) is 6.45. The highest BCUT2D eigenvalue weighted by Gasteiger charge is 2.28. The first kappa shape index (κ1) is 21.2. The van der Waals surface area contributed by atoms with Crippen LogP contribution in [0.1, 0.15) is 11.1 Å². The third kappa shape index (κ3) is 6.54. The molecule has 0 spiro atoms. The van der Waals surface area contributed by atoms with Crippen molar-refractivity contribution in [1.29, 1.82) is 0 Å². The molecule has 2 aromatic carbocycles. The Balaban J connectivity index is 1.49. The summed E-state index contributed by atoms with van der Waals surface area (Å²) in [5, 5.41) is 10.6. The van der Waals surface area contributed by atoms with Crippen LogP contribution in [-0.2, 0) is 13.1 Å². The van der Waals surface area contributed by atoms with E-state index in [9.17, 15) is 13.2 Å². The second kappa shape index (κ2) is 9.82. The summed E-state index contributed by atoms with van der Waals surface area (Å²) >= 11 is 0. The zero-order valence-corrected chi connectivity index (χ0v) is 16.4. The number of halogens is 3. The molecule has 0 radical (unpaired) electrons. The largest absolute Gasteiger partial charge is 0.484 e. The molecule has 1 heterocycles. The van der Waals surface area contributed by atoms with Gasteiger partial charge < -0.3 is 15.4 Å². The smallest absolute Gasteiger partial charge is 0.422 e. The van der Waals surface area contributed by atoms with Crippen LogP contribution >= 0.6 is 0 Å². The molecular weight excluding hydrogens is 395 g/mol. The number of nitrogens with zero attached hydrogens (tertiary/aromatic N) is 3. The van der Waals surface area contributed by atoms with Gasteiger partial charge in [-0.15, -0.1) is 0 Å². The van der Waals surface area contributed by atoms with Gasteiger partial charge in [0.05, 0.1) is 5.69 Å². The first-order valence-corrected chi connectivity index (χ1v) is 9.25. The van der Waals surface area contributed by atoms with Crippen LogP contribution in [0.25, 0.3) is 5.69 Å². The molecule has 0 aliphatic heterocycles. The van der Waals surface area contributed by atoms with Gasteiger partial charge in [0.25, 0.3) is 0 Å². The lowest BCUT2D eigenvalue weighted by molar-refractivity contribution is -0.153. The Morgan fingerprint density at radius 2 is 1.77 bits per heavy atom. The molecule has 158 valence electrons. The number of benzene rings is 2. The van der Waals surface area contributed by atoms with Crippen LogP contribution in [0.4, 0.5) is 13.2 Å². The maximum atomic E-state index is 12.2. The van der Waals surface area contributed by atoms with E-state index < -0.39 is 12.8 Å². The Kier molecular flexibility index (Phi) is 6.95. The lowest BCUT2D eigenvalue weighted by Crippen LogP contribution is -2.36. The fourth-order valence-electron chi connectivity index (χ4n) is 2.69. The Hall–Kier alpha value is -3.49. The van der Waals surface area contributed by atoms with Crippen molar-refractivity contribution in [3.8, 4) is 11.4 Å². The van der Waals surface area contributed by atoms with E-state index in [-0.39, 0.29) is 5.75 Å². The van der Waals surface area contributed by atoms with Crippen molar-refractivity contribution in [1.82, 2.24) is 20.4 Å². The first-order valence-electron chi connectivity index (χ1n) is 9.25. The van der Waals surface area contributed by atoms with E-state index in [1.165, 1.54) is 12.1 Å². The number of rotatable bonds is 7. The lowest BCUT2D eigenvalue weighted by Gasteiger charge is -2.13. The molecular formula is C21H22F3N5O. The Bertz CT molecular complexity index is 954. The van der Waals surface area contributed by atoms with E-state index in [1.807, 2.05) is 36.5 Å². The number of hydrogen-bond acceptors (Lipinski definition) is 3. The average molecular weight is 417 g/mol. The molecule has 0 saturated heterocycles. The van der Waals surface area contributed by atoms with Gasteiger partial charge in [-0.25, -0.2) is 4.68 Å². The lowest BCUT2D eigenvalue weighted by atomic mass is 10.2. The van der Waals surface area contributed by atoms with Crippen LogP contribution < -0.4 is 15.4 Å². The fraction of sp³-hybridized carbons (Fsp3) is 0.238. The highest BCUT2D eigenvalue weighted by atomic mass is 19.4. The normalized spacial score (nSPS) is 11.9. The van der Waals surface area contributed by atoms with Gasteiger partial charge in [0.1, 0.15) is 5.75 Å². The molecule has 0 unspecified atom stereocenters. The minimum absolute atomic E-state index is 0.177. The Morgan fingerprint density at radius 3 is 2.40 bits per heavy atom. The summed E-state index contributed by atoms with van der Waals surface area (Å²) in [5.74, 6) is 0.785. The van der Waals surface area contributed by atoms with Crippen molar-refractivity contribution >= 4 is 5.96 Å². The number of ether oxygens (including phenoxy) is 1. The molecule has 3 aromatic rings. The molecule has 3 rings (SSSR count). The molecule has 1 aromatic heterocycles. The van der Waals surface area contributed by atoms with Gasteiger partial charge in [-0.3, -0.25) is 4.99 Å². The minimum atomic E-state index is -4.35. The van der Waals surface area contributed by atoms with E-state index >= 15 is 0 Å². The molecule has 0 fully saturated rings. The predicted octanol–water partition coefficient (Wildman–Crippen LogP) is 3.68. The van der Waals surface area contributed by atoms with E-state index in [0.29, 0.717) is 19.0 Å². The van der Waals surface area contributed by atoms with Crippen LogP contribution in [0.3, 0.4) is 0 Å². The van der Waals surface area contributed by atoms with Crippen LogP contribution in [0.5, 0.6) is 5.75 Å². The van der Waals surface area contributed by atoms with Crippen LogP contribution in [-0.4, -0.2) is 35.6 Å². The standard InChI is InChI=1S/C21H22F3N5O/c1-25-20(26-13-16-6-8-19(9-7-16)30-15-21(22,23)24)27-14-17-4-2-5-18(12-17)29-11-3-10-28-29/h2-12H,13-15H2,1H3,(H2,25,26,27). The summed E-state index contributed by atoms with van der Waals surface area (Å²) in [6.07, 6.45) is -0.742. The van der Waals surface area contributed by atoms with Crippen LogP contribution in [0.15, 0.2) is 72.0 Å². The molecule has 9 heteroatoms. The average Bonchev–Trinajstić information content (AvgIpc) is 3.28. The third-order valence-electron chi connectivity index (χ3n) is 4.15. The van der Waals surface area contributed by atoms with Crippen LogP contribution in [0.2, 0.25) is 0 Å². The van der Waals surface area contributed by atoms with E-state index in [2.05, 4.69) is 20.7 Å². The number of aromatic nitrogens is 2. The number of hydrogen-bond donors (Lipinski definition) is 2. The van der Waals surface area contributed by atoms with Gasteiger partial charge in [0.15, 0.2) is 12.6 Å². The van der Waals surface area contributed by atoms with Gasteiger partial charge in [0.2, 0.25) is 0 Å². The van der Waals surface area contributed by atoms with Gasteiger partial charge in [-0.2, -0.15) is 18.3 Å². The van der Waals surface area contributed by atoms with Crippen molar-refractivity contribution in [3.63, 3.8) is 0 Å². The maximum absolute atomic E-state index is 12.2. The summed E-state index contributed by atoms with van der Waals surface area (Å²) in [6.45, 7) is -0.270. The van der Waals surface area contributed by atoms with Crippen molar-refractivity contribution in [2.75, 3.05) is 13.7 Å². The van der Waals surface area contributed by atoms with Crippen molar-refractivity contribution < 1.29 is 17.9 Å². The molecule has 2 N–H and O–H groups in total. The summed E-state index contributed by atoms with van der Waals surface area (Å²) in [6, 6.07) is 16.3. The summed E-state index contributed by atoms with van der Waals surface area (Å²) in [4.78, 5) is 4.19. The summed E-state index contributed by atoms with van der Waals surface area (Å²) in [7, 11) is 1.67. The highest BCUT2D eigenvalue weighted by Crippen LogP contribution is 2.18. The molecule has 30 heavy (non-hydrogen) atoms. The highest BCUT2D eigenvalue weighted by molar-refractivity contribution is 5.79. The van der Waals surface area contributed by atoms with E-state index in [0.717, 1.165) is 16.8 Å². The molecule has 6 nitrogen and oxygen atoms in total. The molecule has 0 aliphatic rings. The minimum Gasteiger partial charge on any atom is -0.484 e. The Labute approximate surface area is 172 Å². The summed E-state index contributed by atoms with van der Waals surface area (Å²) < 4.78 is 43.1. The Morgan fingerprint density at radius 1 is 1.03 bits per heavy atom. The quantitative estimate of drug-likeness (QED) is 0.455. The zero-order chi connectivity index (χ0) is 21.4. The molecule has 0 atom stereocenters. The number of aliphatic imine (C=N–C) groups is 1. The van der Waals surface area contributed by atoms with Gasteiger partial charge >= 0.3 is 6.18 Å². The van der Waals surface area contributed by atoms with Crippen molar-refractivity contribution in [2.45, 2.75) is 19.3 Å². The molecule has 0 amide bonds. The van der Waals surface area contributed by atoms with Crippen molar-refractivity contribution in [2.24, 2.45) is 4.99 Å².